The molecule has 2 amide bonds. The molecule has 1 saturated heterocycles. The van der Waals surface area contributed by atoms with E-state index >= 15 is 0 Å². The van der Waals surface area contributed by atoms with Gasteiger partial charge in [-0.2, -0.15) is 19.6 Å². The molecule has 2 fully saturated rings. The van der Waals surface area contributed by atoms with E-state index in [4.69, 9.17) is 4.74 Å². The number of fused-ring (bicyclic) bond motifs is 1. The summed E-state index contributed by atoms with van der Waals surface area (Å²) in [4.78, 5) is 32.6. The Hall–Kier alpha value is -3.05. The molecule has 3 heterocycles. The predicted octanol–water partition coefficient (Wildman–Crippen LogP) is 0.328. The minimum absolute atomic E-state index is 0.0374. The molecule has 11 nitrogen and oxygen atoms in total. The largest absolute Gasteiger partial charge is 0.393 e. The molecular formula is C19H25N7O4. The third-order valence-corrected chi connectivity index (χ3v) is 5.24. The van der Waals surface area contributed by atoms with E-state index in [-0.39, 0.29) is 24.5 Å². The van der Waals surface area contributed by atoms with Crippen molar-refractivity contribution in [3.8, 4) is 0 Å². The van der Waals surface area contributed by atoms with Crippen molar-refractivity contribution in [1.82, 2.24) is 24.9 Å². The molecule has 0 spiro atoms. The number of anilines is 2. The molecule has 1 aliphatic heterocycles. The van der Waals surface area contributed by atoms with Gasteiger partial charge in [-0.3, -0.25) is 14.9 Å². The van der Waals surface area contributed by atoms with Crippen molar-refractivity contribution in [1.29, 1.82) is 0 Å². The Morgan fingerprint density at radius 1 is 1.30 bits per heavy atom. The van der Waals surface area contributed by atoms with E-state index in [1.807, 2.05) is 0 Å². The number of nitrogens with zero attached hydrogens (tertiary/aromatic N) is 4. The van der Waals surface area contributed by atoms with E-state index in [9.17, 15) is 14.7 Å². The molecule has 2 aromatic heterocycles. The van der Waals surface area contributed by atoms with Gasteiger partial charge < -0.3 is 20.5 Å². The monoisotopic (exact) mass is 415 g/mol. The van der Waals surface area contributed by atoms with Gasteiger partial charge >= 0.3 is 0 Å². The highest BCUT2D eigenvalue weighted by Crippen LogP contribution is 2.24. The van der Waals surface area contributed by atoms with Crippen molar-refractivity contribution >= 4 is 35.4 Å². The molecule has 1 saturated carbocycles. The number of methoxy groups -OCH3 is 1. The average Bonchev–Trinajstić information content (AvgIpc) is 3.26. The Balaban J connectivity index is 1.66. The number of nitrogens with one attached hydrogen (secondary N) is 3. The fourth-order valence-corrected chi connectivity index (χ4v) is 3.65. The van der Waals surface area contributed by atoms with Crippen LogP contribution < -0.4 is 16.0 Å². The first kappa shape index (κ1) is 20.2. The highest BCUT2D eigenvalue weighted by Gasteiger charge is 2.25. The molecule has 4 N–H and O–H groups in total. The molecule has 0 radical (unpaired) electrons. The smallest absolute Gasteiger partial charge is 0.254 e. The SMILES string of the molecule is COCCNc1nc(NC2CCC(O)CC2)nc2c(C=C3CC(=O)NC3=O)cnn12. The molecule has 0 aromatic carbocycles. The molecule has 160 valence electrons. The number of rotatable bonds is 7. The fourth-order valence-electron chi connectivity index (χ4n) is 3.65. The van der Waals surface area contributed by atoms with Crippen LogP contribution in [0.15, 0.2) is 11.8 Å². The molecule has 0 bridgehead atoms. The van der Waals surface area contributed by atoms with Crippen LogP contribution in [0.4, 0.5) is 11.9 Å². The van der Waals surface area contributed by atoms with Crippen molar-refractivity contribution in [3.63, 3.8) is 0 Å². The number of aliphatic hydroxyl groups is 1. The zero-order chi connectivity index (χ0) is 21.1. The van der Waals surface area contributed by atoms with Gasteiger partial charge in [0.25, 0.3) is 5.91 Å². The summed E-state index contributed by atoms with van der Waals surface area (Å²) in [6, 6.07) is 0.172. The Labute approximate surface area is 172 Å². The summed E-state index contributed by atoms with van der Waals surface area (Å²) < 4.78 is 6.65. The van der Waals surface area contributed by atoms with Crippen LogP contribution >= 0.6 is 0 Å². The number of imide groups is 1. The number of hydrogen-bond acceptors (Lipinski definition) is 9. The second kappa shape index (κ2) is 8.76. The molecule has 4 rings (SSSR count). The number of carbonyl (C=O) groups is 2. The lowest BCUT2D eigenvalue weighted by atomic mass is 9.93. The number of hydrogen-bond donors (Lipinski definition) is 4. The van der Waals surface area contributed by atoms with Crippen molar-refractivity contribution < 1.29 is 19.4 Å². The number of aromatic nitrogens is 4. The molecule has 0 atom stereocenters. The van der Waals surface area contributed by atoms with Crippen LogP contribution in [0.25, 0.3) is 11.7 Å². The summed E-state index contributed by atoms with van der Waals surface area (Å²) in [5, 5.41) is 22.9. The highest BCUT2D eigenvalue weighted by atomic mass is 16.5. The van der Waals surface area contributed by atoms with Gasteiger partial charge in [0.1, 0.15) is 0 Å². The predicted molar refractivity (Wildman–Crippen MR) is 109 cm³/mol. The van der Waals surface area contributed by atoms with E-state index in [0.29, 0.717) is 41.8 Å². The van der Waals surface area contributed by atoms with E-state index in [2.05, 4.69) is 31.0 Å². The van der Waals surface area contributed by atoms with Crippen LogP contribution in [-0.2, 0) is 14.3 Å². The maximum Gasteiger partial charge on any atom is 0.254 e. The zero-order valence-electron chi connectivity index (χ0n) is 16.7. The molecule has 0 unspecified atom stereocenters. The van der Waals surface area contributed by atoms with Crippen LogP contribution in [0.3, 0.4) is 0 Å². The minimum atomic E-state index is -0.397. The van der Waals surface area contributed by atoms with E-state index in [1.165, 1.54) is 0 Å². The molecule has 2 aliphatic rings. The topological polar surface area (TPSA) is 143 Å². The summed E-state index contributed by atoms with van der Waals surface area (Å²) in [6.07, 6.45) is 6.17. The number of carbonyl (C=O) groups excluding carboxylic acids is 2. The number of ether oxygens (including phenoxy) is 1. The van der Waals surface area contributed by atoms with Crippen LogP contribution in [0.2, 0.25) is 0 Å². The summed E-state index contributed by atoms with van der Waals surface area (Å²) in [6.45, 7) is 1.03. The lowest BCUT2D eigenvalue weighted by molar-refractivity contribution is -0.124. The van der Waals surface area contributed by atoms with E-state index < -0.39 is 5.91 Å². The third-order valence-electron chi connectivity index (χ3n) is 5.24. The quantitative estimate of drug-likeness (QED) is 0.286. The summed E-state index contributed by atoms with van der Waals surface area (Å²) in [7, 11) is 1.62. The third kappa shape index (κ3) is 4.41. The second-order valence-corrected chi connectivity index (χ2v) is 7.50. The number of amides is 2. The molecule has 2 aromatic rings. The Kier molecular flexibility index (Phi) is 5.91. The lowest BCUT2D eigenvalue weighted by Crippen LogP contribution is -2.29. The van der Waals surface area contributed by atoms with Gasteiger partial charge in [-0.15, -0.1) is 0 Å². The first-order valence-corrected chi connectivity index (χ1v) is 10.0. The van der Waals surface area contributed by atoms with Gasteiger partial charge in [0.2, 0.25) is 17.8 Å². The van der Waals surface area contributed by atoms with E-state index in [1.54, 1.807) is 23.9 Å². The molecule has 30 heavy (non-hydrogen) atoms. The summed E-state index contributed by atoms with van der Waals surface area (Å²) in [5.74, 6) is 0.218. The van der Waals surface area contributed by atoms with Crippen LogP contribution in [0, 0.1) is 0 Å². The van der Waals surface area contributed by atoms with Crippen LogP contribution in [0.1, 0.15) is 37.7 Å². The Morgan fingerprint density at radius 2 is 2.10 bits per heavy atom. The van der Waals surface area contributed by atoms with Crippen molar-refractivity contribution in [2.75, 3.05) is 30.9 Å². The maximum absolute atomic E-state index is 11.9. The normalized spacial score (nSPS) is 23.2. The zero-order valence-corrected chi connectivity index (χ0v) is 16.7. The van der Waals surface area contributed by atoms with Gasteiger partial charge in [0, 0.05) is 30.8 Å². The van der Waals surface area contributed by atoms with Crippen molar-refractivity contribution in [2.45, 2.75) is 44.2 Å². The summed E-state index contributed by atoms with van der Waals surface area (Å²) in [5.41, 5.74) is 1.51. The van der Waals surface area contributed by atoms with Crippen LogP contribution in [-0.4, -0.2) is 68.9 Å². The van der Waals surface area contributed by atoms with Gasteiger partial charge in [-0.05, 0) is 31.8 Å². The Morgan fingerprint density at radius 3 is 2.80 bits per heavy atom. The van der Waals surface area contributed by atoms with Crippen molar-refractivity contribution in [2.24, 2.45) is 0 Å². The first-order chi connectivity index (χ1) is 14.5. The van der Waals surface area contributed by atoms with Crippen molar-refractivity contribution in [3.05, 3.63) is 17.3 Å². The highest BCUT2D eigenvalue weighted by molar-refractivity contribution is 6.15. The van der Waals surface area contributed by atoms with E-state index in [0.717, 1.165) is 25.7 Å². The maximum atomic E-state index is 11.9. The van der Waals surface area contributed by atoms with Gasteiger partial charge in [0.15, 0.2) is 5.65 Å². The second-order valence-electron chi connectivity index (χ2n) is 7.50. The average molecular weight is 415 g/mol. The Bertz CT molecular complexity index is 979. The minimum Gasteiger partial charge on any atom is -0.393 e. The molecular weight excluding hydrogens is 390 g/mol. The lowest BCUT2D eigenvalue weighted by Gasteiger charge is -2.26. The first-order valence-electron chi connectivity index (χ1n) is 10.0. The molecule has 1 aliphatic carbocycles. The van der Waals surface area contributed by atoms with Crippen LogP contribution in [0.5, 0.6) is 0 Å². The van der Waals surface area contributed by atoms with Gasteiger partial charge in [-0.25, -0.2) is 0 Å². The molecule has 11 heteroatoms. The van der Waals surface area contributed by atoms with Gasteiger partial charge in [-0.1, -0.05) is 0 Å². The van der Waals surface area contributed by atoms with Gasteiger partial charge in [0.05, 0.1) is 25.3 Å². The fraction of sp³-hybridized carbons (Fsp3) is 0.526. The standard InChI is InChI=1S/C19H25N7O4/c1-30-7-6-20-19-25-18(22-13-2-4-14(27)5-3-13)24-16-12(10-21-26(16)19)8-11-9-15(28)23-17(11)29/h8,10,13-14,27H,2-7,9H2,1H3,(H,23,28,29)(H2,20,22,24,25). The number of aliphatic hydroxyl groups excluding tert-OH is 1. The summed E-state index contributed by atoms with van der Waals surface area (Å²) >= 11 is 0.